The molecule has 0 spiro atoms. The molecule has 0 aromatic heterocycles. The molecule has 0 bridgehead atoms. The summed E-state index contributed by atoms with van der Waals surface area (Å²) in [5.74, 6) is 0.974. The quantitative estimate of drug-likeness (QED) is 0.264. The number of benzene rings is 1. The molecule has 0 saturated heterocycles. The van der Waals surface area contributed by atoms with Crippen LogP contribution in [0.1, 0.15) is 39.7 Å². The molecule has 2 nitrogen and oxygen atoms in total. The minimum Gasteiger partial charge on any atom is -0.319 e. The fraction of sp³-hybridized carbons (Fsp3) is 0.393. The maximum atomic E-state index is 5.05. The highest BCUT2D eigenvalue weighted by atomic mass is 14.9. The lowest BCUT2D eigenvalue weighted by molar-refractivity contribution is 0.454. The van der Waals surface area contributed by atoms with Crippen molar-refractivity contribution >= 4 is 11.8 Å². The molecule has 0 amide bonds. The summed E-state index contributed by atoms with van der Waals surface area (Å²) >= 11 is 0. The summed E-state index contributed by atoms with van der Waals surface area (Å²) in [5, 5.41) is 3.35. The number of hydrogen-bond acceptors (Lipinski definition) is 2. The van der Waals surface area contributed by atoms with E-state index in [0.29, 0.717) is 11.8 Å². The van der Waals surface area contributed by atoms with Gasteiger partial charge in [-0.15, -0.1) is 0 Å². The molecule has 1 N–H and O–H groups in total. The monoisotopic (exact) mass is 402 g/mol. The van der Waals surface area contributed by atoms with Crippen molar-refractivity contribution in [2.75, 3.05) is 13.6 Å². The van der Waals surface area contributed by atoms with Gasteiger partial charge in [-0.2, -0.15) is 0 Å². The van der Waals surface area contributed by atoms with Gasteiger partial charge in [0.2, 0.25) is 0 Å². The Bertz CT molecular complexity index is 837. The predicted octanol–water partition coefficient (Wildman–Crippen LogP) is 6.66. The Hall–Kier alpha value is -2.45. The average molecular weight is 403 g/mol. The number of hydrogen-bond donors (Lipinski definition) is 1. The van der Waals surface area contributed by atoms with E-state index in [2.05, 4.69) is 100 Å². The second-order valence-electron chi connectivity index (χ2n) is 8.58. The molecule has 30 heavy (non-hydrogen) atoms. The molecule has 1 aromatic carbocycles. The molecule has 0 heterocycles. The number of allylic oxidation sites excluding steroid dienone is 5. The van der Waals surface area contributed by atoms with E-state index in [0.717, 1.165) is 24.1 Å². The van der Waals surface area contributed by atoms with Gasteiger partial charge in [-0.1, -0.05) is 92.8 Å². The van der Waals surface area contributed by atoms with Crippen LogP contribution in [-0.4, -0.2) is 25.8 Å². The number of nitrogens with zero attached hydrogens (tertiary/aromatic N) is 1. The summed E-state index contributed by atoms with van der Waals surface area (Å²) in [6, 6.07) is 10.7. The predicted molar refractivity (Wildman–Crippen MR) is 134 cm³/mol. The van der Waals surface area contributed by atoms with Gasteiger partial charge in [0.25, 0.3) is 0 Å². The maximum absolute atomic E-state index is 5.05. The summed E-state index contributed by atoms with van der Waals surface area (Å²) in [6.07, 6.45) is 11.8. The zero-order valence-electron chi connectivity index (χ0n) is 19.4. The molecule has 1 aliphatic carbocycles. The summed E-state index contributed by atoms with van der Waals surface area (Å²) in [6.45, 7) is 18.2. The van der Waals surface area contributed by atoms with E-state index in [-0.39, 0.29) is 12.0 Å². The van der Waals surface area contributed by atoms with E-state index in [1.54, 1.807) is 0 Å². The molecule has 0 fully saturated rings. The van der Waals surface area contributed by atoms with Crippen LogP contribution in [0.2, 0.25) is 0 Å². The highest BCUT2D eigenvalue weighted by Gasteiger charge is 2.37. The van der Waals surface area contributed by atoms with Crippen molar-refractivity contribution in [3.63, 3.8) is 0 Å². The van der Waals surface area contributed by atoms with Crippen molar-refractivity contribution in [3.8, 4) is 0 Å². The van der Waals surface area contributed by atoms with Crippen LogP contribution in [0.3, 0.4) is 0 Å². The molecular weight excluding hydrogens is 364 g/mol. The molecule has 1 aromatic rings. The second-order valence-corrected chi connectivity index (χ2v) is 8.58. The molecule has 0 saturated carbocycles. The summed E-state index contributed by atoms with van der Waals surface area (Å²) in [5.41, 5.74) is 6.10. The molecule has 2 rings (SSSR count). The zero-order chi connectivity index (χ0) is 22.1. The number of rotatable bonds is 10. The molecule has 3 atom stereocenters. The summed E-state index contributed by atoms with van der Waals surface area (Å²) in [4.78, 5) is 5.05. The van der Waals surface area contributed by atoms with Crippen LogP contribution in [-0.2, 0) is 0 Å². The van der Waals surface area contributed by atoms with Crippen molar-refractivity contribution in [1.29, 1.82) is 0 Å². The first-order valence-corrected chi connectivity index (χ1v) is 11.0. The Labute approximate surface area is 183 Å². The van der Waals surface area contributed by atoms with E-state index in [1.807, 2.05) is 14.0 Å². The van der Waals surface area contributed by atoms with Gasteiger partial charge in [0.05, 0.1) is 6.04 Å². The fourth-order valence-electron chi connectivity index (χ4n) is 4.16. The first kappa shape index (κ1) is 23.8. The number of nitrogens with one attached hydrogen (secondary N) is 1. The normalized spacial score (nSPS) is 22.3. The van der Waals surface area contributed by atoms with Gasteiger partial charge in [0.1, 0.15) is 0 Å². The van der Waals surface area contributed by atoms with E-state index >= 15 is 0 Å². The smallest absolute Gasteiger partial charge is 0.0676 e. The van der Waals surface area contributed by atoms with Gasteiger partial charge in [0, 0.05) is 24.6 Å². The van der Waals surface area contributed by atoms with Crippen LogP contribution in [0.25, 0.3) is 5.57 Å². The highest BCUT2D eigenvalue weighted by Crippen LogP contribution is 2.41. The lowest BCUT2D eigenvalue weighted by Gasteiger charge is -2.25. The molecule has 2 heteroatoms. The van der Waals surface area contributed by atoms with Crippen molar-refractivity contribution in [2.24, 2.45) is 22.7 Å². The van der Waals surface area contributed by atoms with Crippen LogP contribution in [0, 0.1) is 17.8 Å². The Balaban J connectivity index is 2.41. The first-order valence-electron chi connectivity index (χ1n) is 11.0. The summed E-state index contributed by atoms with van der Waals surface area (Å²) in [7, 11) is 2.01. The third kappa shape index (κ3) is 6.53. The van der Waals surface area contributed by atoms with Crippen molar-refractivity contribution in [2.45, 2.75) is 40.2 Å². The minimum atomic E-state index is 0.167. The second kappa shape index (κ2) is 11.7. The Morgan fingerprint density at radius 1 is 1.20 bits per heavy atom. The zero-order valence-corrected chi connectivity index (χ0v) is 19.4. The van der Waals surface area contributed by atoms with Crippen molar-refractivity contribution in [1.82, 2.24) is 5.32 Å². The van der Waals surface area contributed by atoms with E-state index < -0.39 is 0 Å². The van der Waals surface area contributed by atoms with Crippen molar-refractivity contribution in [3.05, 3.63) is 90.1 Å². The largest absolute Gasteiger partial charge is 0.319 e. The van der Waals surface area contributed by atoms with Gasteiger partial charge >= 0.3 is 0 Å². The Morgan fingerprint density at radius 2 is 1.90 bits per heavy atom. The third-order valence-corrected chi connectivity index (χ3v) is 5.47. The van der Waals surface area contributed by atoms with Gasteiger partial charge in [-0.3, -0.25) is 4.99 Å². The minimum absolute atomic E-state index is 0.167. The SMILES string of the molecule is C=C(/C=C\C)CC1=CC(CNC)C(N=CC(C)C)C1C(=C)/C=C(\C)c1ccccc1. The van der Waals surface area contributed by atoms with E-state index in [1.165, 1.54) is 16.7 Å². The molecule has 1 aliphatic rings. The van der Waals surface area contributed by atoms with Gasteiger partial charge in [-0.05, 0) is 49.9 Å². The van der Waals surface area contributed by atoms with Crippen LogP contribution in [0.15, 0.2) is 89.5 Å². The van der Waals surface area contributed by atoms with Gasteiger partial charge < -0.3 is 5.32 Å². The highest BCUT2D eigenvalue weighted by molar-refractivity contribution is 5.67. The molecular formula is C28H38N2. The van der Waals surface area contributed by atoms with Crippen LogP contribution < -0.4 is 5.32 Å². The molecule has 160 valence electrons. The fourth-order valence-corrected chi connectivity index (χ4v) is 4.16. The van der Waals surface area contributed by atoms with Gasteiger partial charge in [0.15, 0.2) is 0 Å². The number of aliphatic imine (C=N–C) groups is 1. The Kier molecular flexibility index (Phi) is 9.26. The first-order chi connectivity index (χ1) is 14.4. The topological polar surface area (TPSA) is 24.4 Å². The van der Waals surface area contributed by atoms with Crippen LogP contribution in [0.4, 0.5) is 0 Å². The van der Waals surface area contributed by atoms with Crippen molar-refractivity contribution < 1.29 is 0 Å². The molecule has 0 radical (unpaired) electrons. The molecule has 3 unspecified atom stereocenters. The summed E-state index contributed by atoms with van der Waals surface area (Å²) < 4.78 is 0. The van der Waals surface area contributed by atoms with Crippen LogP contribution >= 0.6 is 0 Å². The van der Waals surface area contributed by atoms with Crippen LogP contribution in [0.5, 0.6) is 0 Å². The lowest BCUT2D eigenvalue weighted by Crippen LogP contribution is -2.29. The van der Waals surface area contributed by atoms with E-state index in [4.69, 9.17) is 4.99 Å². The van der Waals surface area contributed by atoms with Gasteiger partial charge in [-0.25, -0.2) is 0 Å². The maximum Gasteiger partial charge on any atom is 0.0676 e. The Morgan fingerprint density at radius 3 is 2.50 bits per heavy atom. The average Bonchev–Trinajstić information content (AvgIpc) is 3.04. The lowest BCUT2D eigenvalue weighted by atomic mass is 9.84. The van der Waals surface area contributed by atoms with E-state index in [9.17, 15) is 0 Å². The standard InChI is InChI=1S/C28H38N2/c1-8-12-21(4)15-25-17-26(19-29-7)28(30-18-20(2)3)27(25)23(6)16-22(5)24-13-10-9-11-14-24/h8-14,16-18,20,26-29H,4,6,15,19H2,1-3,5,7H3/b12-8-,22-16+,30-18?. The third-order valence-electron chi connectivity index (χ3n) is 5.47. The molecule has 0 aliphatic heterocycles.